The van der Waals surface area contributed by atoms with Gasteiger partial charge in [0.2, 0.25) is 11.8 Å². The number of unbranched alkanes of at least 4 members (excludes halogenated alkanes) is 2. The molecule has 4 N–H and O–H groups in total. The smallest absolute Gasteiger partial charge is 0.243 e. The van der Waals surface area contributed by atoms with Crippen molar-refractivity contribution >= 4 is 23.6 Å². The minimum absolute atomic E-state index is 0.00822. The van der Waals surface area contributed by atoms with Gasteiger partial charge in [-0.2, -0.15) is 0 Å². The molecule has 1 aliphatic rings. The molecule has 5 rings (SSSR count). The van der Waals surface area contributed by atoms with Crippen LogP contribution < -0.4 is 10.8 Å². The normalized spacial score (nSPS) is 17.6. The molecule has 3 unspecified atom stereocenters. The molecule has 9 heteroatoms. The molecule has 0 radical (unpaired) electrons. The maximum absolute atomic E-state index is 12.3. The van der Waals surface area contributed by atoms with Crippen LogP contribution in [0, 0.1) is 0 Å². The standard InChI is InChI=1S/C38H42N2O6S/c41-25-27-14-16-30(17-15-27)35-23-33(26-47-34-10-3-1-4-11-34)45-38(46-35)31-20-18-29(19-21-31)32-9-7-8-28(22-32)24-39-36(42)12-5-2-6-13-37(43)40-44/h1,3-4,7-11,14-22,33,35,38,41,44H,2,5-6,12-13,23-26H2,(H,39,42)(H,40,43). The van der Waals surface area contributed by atoms with E-state index in [-0.39, 0.29) is 31.1 Å². The van der Waals surface area contributed by atoms with E-state index in [1.54, 1.807) is 17.2 Å². The lowest BCUT2D eigenvalue weighted by Crippen LogP contribution is -2.31. The zero-order valence-corrected chi connectivity index (χ0v) is 27.2. The third-order valence-electron chi connectivity index (χ3n) is 8.16. The van der Waals surface area contributed by atoms with Gasteiger partial charge in [0.25, 0.3) is 0 Å². The van der Waals surface area contributed by atoms with E-state index < -0.39 is 12.2 Å². The van der Waals surface area contributed by atoms with Crippen LogP contribution in [0.1, 0.15) is 73.2 Å². The van der Waals surface area contributed by atoms with Crippen molar-refractivity contribution in [3.05, 3.63) is 125 Å². The molecule has 0 aromatic heterocycles. The van der Waals surface area contributed by atoms with Crippen LogP contribution in [0.25, 0.3) is 11.1 Å². The van der Waals surface area contributed by atoms with Gasteiger partial charge < -0.3 is 19.9 Å². The molecular weight excluding hydrogens is 612 g/mol. The number of ether oxygens (including phenoxy) is 2. The van der Waals surface area contributed by atoms with Gasteiger partial charge in [0.1, 0.15) is 0 Å². The van der Waals surface area contributed by atoms with Crippen LogP contribution in [-0.4, -0.2) is 34.0 Å². The van der Waals surface area contributed by atoms with Crippen molar-refractivity contribution in [2.45, 2.75) is 75.1 Å². The third-order valence-corrected chi connectivity index (χ3v) is 9.30. The molecular formula is C38H42N2O6S. The van der Waals surface area contributed by atoms with Gasteiger partial charge in [0.15, 0.2) is 6.29 Å². The van der Waals surface area contributed by atoms with E-state index in [1.165, 1.54) is 4.90 Å². The molecule has 4 aromatic carbocycles. The maximum Gasteiger partial charge on any atom is 0.243 e. The van der Waals surface area contributed by atoms with Crippen molar-refractivity contribution in [3.63, 3.8) is 0 Å². The van der Waals surface area contributed by atoms with Gasteiger partial charge in [-0.1, -0.05) is 91.3 Å². The summed E-state index contributed by atoms with van der Waals surface area (Å²) in [5, 5.41) is 21.0. The number of carbonyl (C=O) groups is 2. The third kappa shape index (κ3) is 10.5. The Hall–Kier alpha value is -3.99. The second-order valence-corrected chi connectivity index (χ2v) is 12.8. The molecule has 4 aromatic rings. The van der Waals surface area contributed by atoms with E-state index in [9.17, 15) is 14.7 Å². The van der Waals surface area contributed by atoms with E-state index in [4.69, 9.17) is 14.7 Å². The molecule has 0 saturated carbocycles. The second-order valence-electron chi connectivity index (χ2n) is 11.7. The fraction of sp³-hybridized carbons (Fsp3) is 0.316. The van der Waals surface area contributed by atoms with Crippen LogP contribution in [0.3, 0.4) is 0 Å². The fourth-order valence-electron chi connectivity index (χ4n) is 5.52. The van der Waals surface area contributed by atoms with E-state index >= 15 is 0 Å². The van der Waals surface area contributed by atoms with Gasteiger partial charge in [-0.05, 0) is 58.9 Å². The fourth-order valence-corrected chi connectivity index (χ4v) is 6.46. The van der Waals surface area contributed by atoms with E-state index in [0.717, 1.165) is 52.0 Å². The molecule has 1 aliphatic heterocycles. The summed E-state index contributed by atoms with van der Waals surface area (Å²) in [7, 11) is 0. The number of carbonyl (C=O) groups excluding carboxylic acids is 2. The summed E-state index contributed by atoms with van der Waals surface area (Å²) in [4.78, 5) is 24.6. The number of rotatable bonds is 15. The number of hydrogen-bond donors (Lipinski definition) is 4. The Morgan fingerprint density at radius 2 is 1.47 bits per heavy atom. The van der Waals surface area contributed by atoms with E-state index in [0.29, 0.717) is 25.8 Å². The number of aliphatic hydroxyl groups excluding tert-OH is 1. The van der Waals surface area contributed by atoms with E-state index in [1.807, 2.05) is 54.6 Å². The van der Waals surface area contributed by atoms with Crippen LogP contribution in [0.4, 0.5) is 0 Å². The summed E-state index contributed by atoms with van der Waals surface area (Å²) < 4.78 is 13.0. The summed E-state index contributed by atoms with van der Waals surface area (Å²) in [6.07, 6.45) is 2.78. The predicted octanol–water partition coefficient (Wildman–Crippen LogP) is 7.26. The Balaban J connectivity index is 1.20. The Morgan fingerprint density at radius 3 is 2.19 bits per heavy atom. The lowest BCUT2D eigenvalue weighted by molar-refractivity contribution is -0.245. The van der Waals surface area contributed by atoms with Gasteiger partial charge >= 0.3 is 0 Å². The monoisotopic (exact) mass is 654 g/mol. The number of benzene rings is 4. The molecule has 246 valence electrons. The van der Waals surface area contributed by atoms with Crippen molar-refractivity contribution < 1.29 is 29.4 Å². The van der Waals surface area contributed by atoms with Gasteiger partial charge in [0.05, 0.1) is 18.8 Å². The molecule has 47 heavy (non-hydrogen) atoms. The summed E-state index contributed by atoms with van der Waals surface area (Å²) >= 11 is 1.78. The quantitative estimate of drug-likeness (QED) is 0.0462. The molecule has 1 fully saturated rings. The number of nitrogens with one attached hydrogen (secondary N) is 2. The molecule has 8 nitrogen and oxygen atoms in total. The van der Waals surface area contributed by atoms with Gasteiger partial charge in [-0.15, -0.1) is 11.8 Å². The lowest BCUT2D eigenvalue weighted by atomic mass is 9.99. The number of thioether (sulfide) groups is 1. The van der Waals surface area contributed by atoms with Crippen molar-refractivity contribution in [1.29, 1.82) is 0 Å². The Bertz CT molecular complexity index is 1570. The molecule has 1 heterocycles. The molecule has 0 bridgehead atoms. The average Bonchev–Trinajstić information content (AvgIpc) is 3.13. The highest BCUT2D eigenvalue weighted by Gasteiger charge is 2.32. The van der Waals surface area contributed by atoms with E-state index in [2.05, 4.69) is 53.8 Å². The first kappa shape index (κ1) is 34.3. The Labute approximate surface area is 280 Å². The van der Waals surface area contributed by atoms with Crippen LogP contribution >= 0.6 is 11.8 Å². The van der Waals surface area contributed by atoms with Gasteiger partial charge in [-0.3, -0.25) is 14.8 Å². The van der Waals surface area contributed by atoms with Crippen molar-refractivity contribution in [2.75, 3.05) is 5.75 Å². The first-order chi connectivity index (χ1) is 23.0. The van der Waals surface area contributed by atoms with Crippen LogP contribution in [-0.2, 0) is 32.2 Å². The second kappa shape index (κ2) is 17.8. The summed E-state index contributed by atoms with van der Waals surface area (Å²) in [6, 6.07) is 34.7. The van der Waals surface area contributed by atoms with Crippen LogP contribution in [0.5, 0.6) is 0 Å². The van der Waals surface area contributed by atoms with Gasteiger partial charge in [-0.25, -0.2) is 5.48 Å². The molecule has 1 saturated heterocycles. The highest BCUT2D eigenvalue weighted by Crippen LogP contribution is 2.40. The lowest BCUT2D eigenvalue weighted by Gasteiger charge is -2.36. The van der Waals surface area contributed by atoms with Crippen molar-refractivity contribution in [3.8, 4) is 11.1 Å². The number of hydrogen-bond acceptors (Lipinski definition) is 7. The van der Waals surface area contributed by atoms with Gasteiger partial charge in [0, 0.05) is 42.0 Å². The maximum atomic E-state index is 12.3. The summed E-state index contributed by atoms with van der Waals surface area (Å²) in [5.74, 6) is 0.374. The first-order valence-electron chi connectivity index (χ1n) is 16.1. The number of amides is 2. The highest BCUT2D eigenvalue weighted by molar-refractivity contribution is 7.99. The molecule has 0 aliphatic carbocycles. The minimum Gasteiger partial charge on any atom is -0.392 e. The van der Waals surface area contributed by atoms with Crippen LogP contribution in [0.2, 0.25) is 0 Å². The van der Waals surface area contributed by atoms with Crippen molar-refractivity contribution in [2.24, 2.45) is 0 Å². The average molecular weight is 655 g/mol. The summed E-state index contributed by atoms with van der Waals surface area (Å²) in [6.45, 7) is 0.443. The topological polar surface area (TPSA) is 117 Å². The Kier molecular flexibility index (Phi) is 13.0. The largest absolute Gasteiger partial charge is 0.392 e. The first-order valence-corrected chi connectivity index (χ1v) is 17.1. The summed E-state index contributed by atoms with van der Waals surface area (Å²) in [5.41, 5.74) is 7.61. The Morgan fingerprint density at radius 1 is 0.745 bits per heavy atom. The zero-order chi connectivity index (χ0) is 32.8. The van der Waals surface area contributed by atoms with Crippen LogP contribution in [0.15, 0.2) is 108 Å². The zero-order valence-electron chi connectivity index (χ0n) is 26.3. The highest BCUT2D eigenvalue weighted by atomic mass is 32.2. The molecule has 0 spiro atoms. The molecule has 2 amide bonds. The minimum atomic E-state index is -0.518. The SMILES string of the molecule is O=C(CCCCCC(=O)NCc1cccc(-c2ccc(C3OC(CSc4ccccc4)CC(c4ccc(CO)cc4)O3)cc2)c1)NO. The molecule has 3 atom stereocenters. The predicted molar refractivity (Wildman–Crippen MR) is 182 cm³/mol. The number of aliphatic hydroxyl groups is 1. The van der Waals surface area contributed by atoms with Crippen molar-refractivity contribution in [1.82, 2.24) is 10.8 Å². The number of hydroxylamine groups is 1.